The standard InChI is InChI=1S/C9H12FNO2/c1-6(13-11)8-4-3-7(12-2)5-9(8)10/h3-6H,11H2,1-2H3. The van der Waals surface area contributed by atoms with Crippen LogP contribution in [0.5, 0.6) is 5.75 Å². The number of halogens is 1. The highest BCUT2D eigenvalue weighted by Crippen LogP contribution is 2.22. The van der Waals surface area contributed by atoms with Gasteiger partial charge in [0.1, 0.15) is 17.7 Å². The van der Waals surface area contributed by atoms with Crippen molar-refractivity contribution in [1.82, 2.24) is 0 Å². The topological polar surface area (TPSA) is 44.5 Å². The van der Waals surface area contributed by atoms with Crippen molar-refractivity contribution in [3.8, 4) is 5.75 Å². The van der Waals surface area contributed by atoms with E-state index in [1.54, 1.807) is 19.1 Å². The van der Waals surface area contributed by atoms with Crippen molar-refractivity contribution in [3.05, 3.63) is 29.6 Å². The Morgan fingerprint density at radius 3 is 2.62 bits per heavy atom. The van der Waals surface area contributed by atoms with Gasteiger partial charge < -0.3 is 4.74 Å². The van der Waals surface area contributed by atoms with Crippen LogP contribution in [0.4, 0.5) is 4.39 Å². The van der Waals surface area contributed by atoms with E-state index in [0.717, 1.165) is 0 Å². The molecule has 1 aromatic rings. The average molecular weight is 185 g/mol. The van der Waals surface area contributed by atoms with Crippen LogP contribution < -0.4 is 10.6 Å². The van der Waals surface area contributed by atoms with Crippen LogP contribution in [0.25, 0.3) is 0 Å². The van der Waals surface area contributed by atoms with Crippen LogP contribution >= 0.6 is 0 Å². The van der Waals surface area contributed by atoms with E-state index in [2.05, 4.69) is 4.84 Å². The maximum Gasteiger partial charge on any atom is 0.132 e. The molecule has 0 fully saturated rings. The summed E-state index contributed by atoms with van der Waals surface area (Å²) < 4.78 is 18.1. The fourth-order valence-electron chi connectivity index (χ4n) is 1.04. The average Bonchev–Trinajstić information content (AvgIpc) is 2.16. The molecule has 1 atom stereocenters. The molecular formula is C9H12FNO2. The van der Waals surface area contributed by atoms with Gasteiger partial charge in [-0.2, -0.15) is 0 Å². The van der Waals surface area contributed by atoms with Crippen molar-refractivity contribution in [1.29, 1.82) is 0 Å². The predicted octanol–water partition coefficient (Wildman–Crippen LogP) is 1.79. The zero-order valence-corrected chi connectivity index (χ0v) is 7.58. The lowest BCUT2D eigenvalue weighted by atomic mass is 10.1. The molecule has 0 heterocycles. The lowest BCUT2D eigenvalue weighted by Crippen LogP contribution is -2.07. The Kier molecular flexibility index (Phi) is 3.22. The van der Waals surface area contributed by atoms with Crippen molar-refractivity contribution in [2.45, 2.75) is 13.0 Å². The molecule has 0 saturated heterocycles. The summed E-state index contributed by atoms with van der Waals surface area (Å²) in [4.78, 5) is 4.51. The second-order valence-corrected chi connectivity index (χ2v) is 2.67. The molecule has 1 rings (SSSR count). The highest BCUT2D eigenvalue weighted by molar-refractivity contribution is 5.29. The van der Waals surface area contributed by atoms with Crippen molar-refractivity contribution < 1.29 is 14.0 Å². The van der Waals surface area contributed by atoms with Gasteiger partial charge in [0.2, 0.25) is 0 Å². The largest absolute Gasteiger partial charge is 0.497 e. The molecule has 1 aromatic carbocycles. The van der Waals surface area contributed by atoms with E-state index in [9.17, 15) is 4.39 Å². The van der Waals surface area contributed by atoms with Gasteiger partial charge in [0.15, 0.2) is 0 Å². The summed E-state index contributed by atoms with van der Waals surface area (Å²) in [6.45, 7) is 1.67. The zero-order valence-electron chi connectivity index (χ0n) is 7.58. The first-order chi connectivity index (χ1) is 6.19. The quantitative estimate of drug-likeness (QED) is 0.730. The van der Waals surface area contributed by atoms with E-state index in [-0.39, 0.29) is 5.82 Å². The van der Waals surface area contributed by atoms with Crippen molar-refractivity contribution >= 4 is 0 Å². The maximum absolute atomic E-state index is 13.3. The second-order valence-electron chi connectivity index (χ2n) is 2.67. The molecule has 72 valence electrons. The zero-order chi connectivity index (χ0) is 9.84. The van der Waals surface area contributed by atoms with Crippen LogP contribution in [0.2, 0.25) is 0 Å². The Morgan fingerprint density at radius 2 is 2.15 bits per heavy atom. The molecule has 0 amide bonds. The molecule has 4 heteroatoms. The van der Waals surface area contributed by atoms with Crippen LogP contribution in [0.3, 0.4) is 0 Å². The van der Waals surface area contributed by atoms with E-state index in [1.807, 2.05) is 0 Å². The SMILES string of the molecule is COc1ccc(C(C)ON)c(F)c1. The third-order valence-corrected chi connectivity index (χ3v) is 1.85. The normalized spacial score (nSPS) is 12.6. The molecule has 2 N–H and O–H groups in total. The fourth-order valence-corrected chi connectivity index (χ4v) is 1.04. The van der Waals surface area contributed by atoms with Crippen LogP contribution in [-0.4, -0.2) is 7.11 Å². The van der Waals surface area contributed by atoms with E-state index >= 15 is 0 Å². The molecular weight excluding hydrogens is 173 g/mol. The van der Waals surface area contributed by atoms with Gasteiger partial charge in [-0.05, 0) is 19.1 Å². The van der Waals surface area contributed by atoms with Gasteiger partial charge in [0.25, 0.3) is 0 Å². The molecule has 1 unspecified atom stereocenters. The smallest absolute Gasteiger partial charge is 0.132 e. The van der Waals surface area contributed by atoms with Gasteiger partial charge in [0.05, 0.1) is 7.11 Å². The van der Waals surface area contributed by atoms with Gasteiger partial charge in [-0.1, -0.05) is 0 Å². The molecule has 0 aliphatic rings. The summed E-state index contributed by atoms with van der Waals surface area (Å²) in [7, 11) is 1.48. The number of benzene rings is 1. The van der Waals surface area contributed by atoms with Gasteiger partial charge in [-0.15, -0.1) is 0 Å². The van der Waals surface area contributed by atoms with Crippen LogP contribution in [-0.2, 0) is 4.84 Å². The maximum atomic E-state index is 13.3. The monoisotopic (exact) mass is 185 g/mol. The third kappa shape index (κ3) is 2.17. The van der Waals surface area contributed by atoms with Crippen molar-refractivity contribution in [2.24, 2.45) is 5.90 Å². The molecule has 0 radical (unpaired) electrons. The van der Waals surface area contributed by atoms with Crippen LogP contribution in [0, 0.1) is 5.82 Å². The first-order valence-electron chi connectivity index (χ1n) is 3.88. The van der Waals surface area contributed by atoms with Gasteiger partial charge in [-0.25, -0.2) is 10.3 Å². The molecule has 0 aliphatic heterocycles. The first kappa shape index (κ1) is 9.95. The molecule has 0 spiro atoms. The summed E-state index contributed by atoms with van der Waals surface area (Å²) in [6, 6.07) is 4.55. The van der Waals surface area contributed by atoms with Crippen LogP contribution in [0.15, 0.2) is 18.2 Å². The van der Waals surface area contributed by atoms with Crippen molar-refractivity contribution in [2.75, 3.05) is 7.11 Å². The van der Waals surface area contributed by atoms with Gasteiger partial charge >= 0.3 is 0 Å². The summed E-state index contributed by atoms with van der Waals surface area (Å²) in [5.74, 6) is 5.05. The highest BCUT2D eigenvalue weighted by Gasteiger charge is 2.10. The second kappa shape index (κ2) is 4.20. The Bertz CT molecular complexity index is 291. The number of methoxy groups -OCH3 is 1. The lowest BCUT2D eigenvalue weighted by molar-refractivity contribution is 0.0638. The molecule has 13 heavy (non-hydrogen) atoms. The Labute approximate surface area is 76.2 Å². The number of rotatable bonds is 3. The summed E-state index contributed by atoms with van der Waals surface area (Å²) in [5, 5.41) is 0. The first-order valence-corrected chi connectivity index (χ1v) is 3.88. The Morgan fingerprint density at radius 1 is 1.46 bits per heavy atom. The number of hydrogen-bond acceptors (Lipinski definition) is 3. The summed E-state index contributed by atoms with van der Waals surface area (Å²) in [6.07, 6.45) is -0.453. The van der Waals surface area contributed by atoms with E-state index in [4.69, 9.17) is 10.6 Å². The van der Waals surface area contributed by atoms with E-state index in [1.165, 1.54) is 13.2 Å². The molecule has 0 aliphatic carbocycles. The Hall–Kier alpha value is -1.13. The number of ether oxygens (including phenoxy) is 1. The minimum Gasteiger partial charge on any atom is -0.497 e. The lowest BCUT2D eigenvalue weighted by Gasteiger charge is -2.10. The number of nitrogens with two attached hydrogens (primary N) is 1. The Balaban J connectivity index is 2.98. The fraction of sp³-hybridized carbons (Fsp3) is 0.333. The van der Waals surface area contributed by atoms with E-state index < -0.39 is 6.10 Å². The van der Waals surface area contributed by atoms with Crippen LogP contribution in [0.1, 0.15) is 18.6 Å². The van der Waals surface area contributed by atoms with E-state index in [0.29, 0.717) is 11.3 Å². The summed E-state index contributed by atoms with van der Waals surface area (Å²) >= 11 is 0. The minimum atomic E-state index is -0.453. The molecule has 0 saturated carbocycles. The highest BCUT2D eigenvalue weighted by atomic mass is 19.1. The predicted molar refractivity (Wildman–Crippen MR) is 46.6 cm³/mol. The third-order valence-electron chi connectivity index (χ3n) is 1.85. The minimum absolute atomic E-state index is 0.377. The van der Waals surface area contributed by atoms with Gasteiger partial charge in [0, 0.05) is 11.6 Å². The molecule has 0 bridgehead atoms. The van der Waals surface area contributed by atoms with Gasteiger partial charge in [-0.3, -0.25) is 4.84 Å². The number of hydrogen-bond donors (Lipinski definition) is 1. The van der Waals surface area contributed by atoms with Crippen molar-refractivity contribution in [3.63, 3.8) is 0 Å². The summed E-state index contributed by atoms with van der Waals surface area (Å²) in [5.41, 5.74) is 0.420. The molecule has 0 aromatic heterocycles. The molecule has 3 nitrogen and oxygen atoms in total.